The van der Waals surface area contributed by atoms with Gasteiger partial charge in [0.15, 0.2) is 0 Å². The average Bonchev–Trinajstić information content (AvgIpc) is 2.39. The van der Waals surface area contributed by atoms with Crippen LogP contribution in [0.1, 0.15) is 23.8 Å². The second-order valence-corrected chi connectivity index (χ2v) is 3.54. The van der Waals surface area contributed by atoms with Crippen molar-refractivity contribution in [3.05, 3.63) is 24.0 Å². The Labute approximate surface area is 100 Å². The van der Waals surface area contributed by atoms with Gasteiger partial charge >= 0.3 is 0 Å². The third-order valence-electron chi connectivity index (χ3n) is 2.40. The molecular formula is C11H18N4O2. The van der Waals surface area contributed by atoms with Crippen molar-refractivity contribution in [2.45, 2.75) is 13.3 Å². The predicted octanol–water partition coefficient (Wildman–Crippen LogP) is 0.212. The maximum atomic E-state index is 12.0. The highest BCUT2D eigenvalue weighted by molar-refractivity contribution is 5.92. The van der Waals surface area contributed by atoms with Crippen molar-refractivity contribution in [1.82, 2.24) is 9.88 Å². The molecule has 0 unspecified atom stereocenters. The van der Waals surface area contributed by atoms with E-state index in [1.54, 1.807) is 17.0 Å². The van der Waals surface area contributed by atoms with Crippen LogP contribution in [-0.2, 0) is 0 Å². The molecule has 0 bridgehead atoms. The van der Waals surface area contributed by atoms with Gasteiger partial charge in [0.25, 0.3) is 5.91 Å². The number of nitrogens with two attached hydrogens (primary N) is 1. The van der Waals surface area contributed by atoms with Gasteiger partial charge in [0.05, 0.1) is 11.9 Å². The van der Waals surface area contributed by atoms with E-state index in [4.69, 9.17) is 10.9 Å². The van der Waals surface area contributed by atoms with E-state index in [9.17, 15) is 4.79 Å². The summed E-state index contributed by atoms with van der Waals surface area (Å²) in [4.78, 5) is 17.7. The fourth-order valence-electron chi connectivity index (χ4n) is 1.43. The van der Waals surface area contributed by atoms with Crippen molar-refractivity contribution in [2.75, 3.05) is 25.1 Å². The molecule has 0 spiro atoms. The number of aliphatic hydroxyl groups is 1. The summed E-state index contributed by atoms with van der Waals surface area (Å²) in [7, 11) is 0. The van der Waals surface area contributed by atoms with Gasteiger partial charge in [-0.25, -0.2) is 4.98 Å². The van der Waals surface area contributed by atoms with Gasteiger partial charge < -0.3 is 15.4 Å². The number of rotatable bonds is 6. The number of nitrogens with one attached hydrogen (secondary N) is 1. The molecule has 94 valence electrons. The first-order chi connectivity index (χ1) is 8.22. The van der Waals surface area contributed by atoms with Gasteiger partial charge in [0.1, 0.15) is 5.69 Å². The molecule has 0 atom stereocenters. The molecule has 0 radical (unpaired) electrons. The van der Waals surface area contributed by atoms with Crippen LogP contribution in [0.15, 0.2) is 18.3 Å². The Kier molecular flexibility index (Phi) is 5.38. The highest BCUT2D eigenvalue weighted by atomic mass is 16.3. The molecule has 1 rings (SSSR count). The second kappa shape index (κ2) is 6.82. The highest BCUT2D eigenvalue weighted by Gasteiger charge is 2.14. The summed E-state index contributed by atoms with van der Waals surface area (Å²) in [5.74, 6) is 5.08. The molecule has 1 aromatic rings. The van der Waals surface area contributed by atoms with Crippen LogP contribution in [0, 0.1) is 0 Å². The van der Waals surface area contributed by atoms with Crippen LogP contribution in [0.25, 0.3) is 0 Å². The summed E-state index contributed by atoms with van der Waals surface area (Å²) in [5, 5.41) is 8.76. The number of nitrogens with zero attached hydrogens (tertiary/aromatic N) is 2. The van der Waals surface area contributed by atoms with Crippen LogP contribution in [0.5, 0.6) is 0 Å². The lowest BCUT2D eigenvalue weighted by molar-refractivity contribution is 0.0748. The number of hydrogen-bond donors (Lipinski definition) is 3. The van der Waals surface area contributed by atoms with Crippen LogP contribution in [0.2, 0.25) is 0 Å². The Bertz CT molecular complexity index is 353. The lowest BCUT2D eigenvalue weighted by atomic mass is 10.3. The van der Waals surface area contributed by atoms with Gasteiger partial charge in [0.2, 0.25) is 0 Å². The van der Waals surface area contributed by atoms with Crippen LogP contribution in [0.4, 0.5) is 5.69 Å². The molecule has 0 saturated heterocycles. The van der Waals surface area contributed by atoms with E-state index in [0.717, 1.165) is 0 Å². The van der Waals surface area contributed by atoms with Crippen molar-refractivity contribution < 1.29 is 9.90 Å². The normalized spacial score (nSPS) is 10.1. The van der Waals surface area contributed by atoms with Gasteiger partial charge in [-0.3, -0.25) is 10.6 Å². The number of anilines is 1. The molecule has 0 aliphatic carbocycles. The Hall–Kier alpha value is -1.66. The molecule has 0 aliphatic heterocycles. The van der Waals surface area contributed by atoms with E-state index in [1.165, 1.54) is 6.20 Å². The third kappa shape index (κ3) is 3.69. The van der Waals surface area contributed by atoms with E-state index in [1.807, 2.05) is 6.92 Å². The van der Waals surface area contributed by atoms with Crippen LogP contribution in [-0.4, -0.2) is 40.6 Å². The first kappa shape index (κ1) is 13.4. The minimum absolute atomic E-state index is 0.0766. The number of hydrazine groups is 1. The van der Waals surface area contributed by atoms with Gasteiger partial charge in [-0.2, -0.15) is 0 Å². The standard InChI is InChI=1S/C11H18N4O2/c1-2-15(6-3-7-16)11(17)10-5-4-9(14-12)8-13-10/h4-5,8,14,16H,2-3,6-7,12H2,1H3. The van der Waals surface area contributed by atoms with E-state index in [-0.39, 0.29) is 12.5 Å². The van der Waals surface area contributed by atoms with Crippen molar-refractivity contribution in [2.24, 2.45) is 5.84 Å². The highest BCUT2D eigenvalue weighted by Crippen LogP contribution is 2.07. The fourth-order valence-corrected chi connectivity index (χ4v) is 1.43. The summed E-state index contributed by atoms with van der Waals surface area (Å²) in [5.41, 5.74) is 3.48. The largest absolute Gasteiger partial charge is 0.396 e. The average molecular weight is 238 g/mol. The van der Waals surface area contributed by atoms with E-state index >= 15 is 0 Å². The summed E-state index contributed by atoms with van der Waals surface area (Å²) in [6.45, 7) is 3.10. The van der Waals surface area contributed by atoms with Crippen LogP contribution < -0.4 is 11.3 Å². The number of amides is 1. The molecule has 1 aromatic heterocycles. The van der Waals surface area contributed by atoms with Crippen LogP contribution >= 0.6 is 0 Å². The maximum Gasteiger partial charge on any atom is 0.272 e. The maximum absolute atomic E-state index is 12.0. The van der Waals surface area contributed by atoms with Gasteiger partial charge in [-0.15, -0.1) is 0 Å². The van der Waals surface area contributed by atoms with Gasteiger partial charge in [0, 0.05) is 19.7 Å². The molecule has 6 nitrogen and oxygen atoms in total. The smallest absolute Gasteiger partial charge is 0.272 e. The number of aliphatic hydroxyl groups excluding tert-OH is 1. The molecule has 0 aliphatic rings. The molecule has 0 saturated carbocycles. The summed E-state index contributed by atoms with van der Waals surface area (Å²) >= 11 is 0. The Morgan fingerprint density at radius 3 is 2.82 bits per heavy atom. The number of hydrogen-bond acceptors (Lipinski definition) is 5. The molecule has 6 heteroatoms. The Balaban J connectivity index is 2.71. The number of carbonyl (C=O) groups is 1. The summed E-state index contributed by atoms with van der Waals surface area (Å²) in [6.07, 6.45) is 2.08. The lowest BCUT2D eigenvalue weighted by Gasteiger charge is -2.19. The first-order valence-electron chi connectivity index (χ1n) is 5.55. The molecule has 0 fully saturated rings. The minimum Gasteiger partial charge on any atom is -0.396 e. The first-order valence-corrected chi connectivity index (χ1v) is 5.55. The quantitative estimate of drug-likeness (QED) is 0.487. The van der Waals surface area contributed by atoms with Crippen molar-refractivity contribution in [3.8, 4) is 0 Å². The van der Waals surface area contributed by atoms with E-state index in [0.29, 0.717) is 30.9 Å². The number of carbonyl (C=O) groups excluding carboxylic acids is 1. The lowest BCUT2D eigenvalue weighted by Crippen LogP contribution is -2.32. The number of nitrogen functional groups attached to an aromatic ring is 1. The third-order valence-corrected chi connectivity index (χ3v) is 2.40. The molecular weight excluding hydrogens is 220 g/mol. The van der Waals surface area contributed by atoms with Crippen molar-refractivity contribution >= 4 is 11.6 Å². The van der Waals surface area contributed by atoms with E-state index in [2.05, 4.69) is 10.4 Å². The molecule has 1 amide bonds. The predicted molar refractivity (Wildman–Crippen MR) is 65.3 cm³/mol. The van der Waals surface area contributed by atoms with Crippen LogP contribution in [0.3, 0.4) is 0 Å². The monoisotopic (exact) mass is 238 g/mol. The SMILES string of the molecule is CCN(CCCO)C(=O)c1ccc(NN)cn1. The van der Waals surface area contributed by atoms with Crippen molar-refractivity contribution in [3.63, 3.8) is 0 Å². The summed E-state index contributed by atoms with van der Waals surface area (Å²) in [6, 6.07) is 3.32. The summed E-state index contributed by atoms with van der Waals surface area (Å²) < 4.78 is 0. The number of aromatic nitrogens is 1. The zero-order chi connectivity index (χ0) is 12.7. The molecule has 0 aromatic carbocycles. The van der Waals surface area contributed by atoms with Gasteiger partial charge in [-0.1, -0.05) is 0 Å². The molecule has 1 heterocycles. The molecule has 4 N–H and O–H groups in total. The zero-order valence-electron chi connectivity index (χ0n) is 9.89. The zero-order valence-corrected chi connectivity index (χ0v) is 9.89. The number of pyridine rings is 1. The minimum atomic E-state index is -0.135. The van der Waals surface area contributed by atoms with Crippen molar-refractivity contribution in [1.29, 1.82) is 0 Å². The van der Waals surface area contributed by atoms with E-state index < -0.39 is 0 Å². The Morgan fingerprint density at radius 1 is 1.59 bits per heavy atom. The second-order valence-electron chi connectivity index (χ2n) is 3.54. The Morgan fingerprint density at radius 2 is 2.35 bits per heavy atom. The topological polar surface area (TPSA) is 91.5 Å². The van der Waals surface area contributed by atoms with Gasteiger partial charge in [-0.05, 0) is 25.5 Å². The fraction of sp³-hybridized carbons (Fsp3) is 0.455. The molecule has 17 heavy (non-hydrogen) atoms.